The first-order valence-corrected chi connectivity index (χ1v) is 6.83. The number of nitro benzene ring substituents is 1. The highest BCUT2D eigenvalue weighted by atomic mass is 19.4. The summed E-state index contributed by atoms with van der Waals surface area (Å²) in [6.07, 6.45) is -2.14. The monoisotopic (exact) mass is 335 g/mol. The summed E-state index contributed by atoms with van der Waals surface area (Å²) in [5.41, 5.74) is -0.287. The van der Waals surface area contributed by atoms with E-state index in [1.807, 2.05) is 0 Å². The predicted octanol–water partition coefficient (Wildman–Crippen LogP) is 4.82. The van der Waals surface area contributed by atoms with Crippen molar-refractivity contribution in [3.63, 3.8) is 0 Å². The molecule has 0 aromatic heterocycles. The maximum Gasteiger partial charge on any atom is 0.416 e. The molecule has 7 heteroatoms. The minimum Gasteiger partial charge on any atom is -0.289 e. The van der Waals surface area contributed by atoms with E-state index in [9.17, 15) is 28.1 Å². The van der Waals surface area contributed by atoms with Gasteiger partial charge in [0, 0.05) is 17.2 Å². The van der Waals surface area contributed by atoms with Gasteiger partial charge in [-0.25, -0.2) is 0 Å². The van der Waals surface area contributed by atoms with Crippen molar-refractivity contribution in [2.45, 2.75) is 13.1 Å². The van der Waals surface area contributed by atoms with Crippen LogP contribution in [0.5, 0.6) is 0 Å². The van der Waals surface area contributed by atoms with Gasteiger partial charge < -0.3 is 0 Å². The number of allylic oxidation sites excluding steroid dienone is 1. The van der Waals surface area contributed by atoms with Crippen LogP contribution < -0.4 is 0 Å². The highest BCUT2D eigenvalue weighted by Gasteiger charge is 2.30. The number of hydrogen-bond donors (Lipinski definition) is 0. The Balaban J connectivity index is 2.25. The third-order valence-corrected chi connectivity index (χ3v) is 3.33. The molecular formula is C17H12F3NO3. The van der Waals surface area contributed by atoms with Gasteiger partial charge in [0.05, 0.1) is 10.5 Å². The fourth-order valence-electron chi connectivity index (χ4n) is 2.05. The minimum atomic E-state index is -4.47. The van der Waals surface area contributed by atoms with Crippen LogP contribution in [0.25, 0.3) is 6.08 Å². The lowest BCUT2D eigenvalue weighted by atomic mass is 10.0. The van der Waals surface area contributed by atoms with Crippen molar-refractivity contribution >= 4 is 17.5 Å². The second-order valence-electron chi connectivity index (χ2n) is 5.08. The third kappa shape index (κ3) is 4.07. The molecule has 124 valence electrons. The smallest absolute Gasteiger partial charge is 0.289 e. The van der Waals surface area contributed by atoms with Crippen molar-refractivity contribution in [2.24, 2.45) is 0 Å². The van der Waals surface area contributed by atoms with Crippen molar-refractivity contribution in [3.05, 3.63) is 80.9 Å². The van der Waals surface area contributed by atoms with Crippen LogP contribution in [-0.2, 0) is 6.18 Å². The highest BCUT2D eigenvalue weighted by Crippen LogP contribution is 2.29. The average molecular weight is 335 g/mol. The Kier molecular flexibility index (Phi) is 4.82. The summed E-state index contributed by atoms with van der Waals surface area (Å²) in [5.74, 6) is -0.532. The number of alkyl halides is 3. The van der Waals surface area contributed by atoms with E-state index in [1.54, 1.807) is 6.92 Å². The average Bonchev–Trinajstić information content (AvgIpc) is 2.52. The number of nitrogens with zero attached hydrogens (tertiary/aromatic N) is 1. The van der Waals surface area contributed by atoms with Crippen LogP contribution in [-0.4, -0.2) is 10.7 Å². The third-order valence-electron chi connectivity index (χ3n) is 3.33. The molecule has 24 heavy (non-hydrogen) atoms. The summed E-state index contributed by atoms with van der Waals surface area (Å²) in [6, 6.07) is 8.54. The molecule has 0 amide bonds. The molecule has 0 aliphatic rings. The fourth-order valence-corrected chi connectivity index (χ4v) is 2.05. The van der Waals surface area contributed by atoms with Crippen molar-refractivity contribution < 1.29 is 22.9 Å². The Labute approximate surface area is 135 Å². The van der Waals surface area contributed by atoms with Crippen molar-refractivity contribution in [2.75, 3.05) is 0 Å². The summed E-state index contributed by atoms with van der Waals surface area (Å²) in [7, 11) is 0. The van der Waals surface area contributed by atoms with Crippen LogP contribution in [0.1, 0.15) is 27.0 Å². The molecule has 0 spiro atoms. The van der Waals surface area contributed by atoms with Crippen molar-refractivity contribution in [1.29, 1.82) is 0 Å². The van der Waals surface area contributed by atoms with Crippen molar-refractivity contribution in [3.8, 4) is 0 Å². The SMILES string of the molecule is Cc1ccc(C(=O)/C=C/c2cccc(C(F)(F)F)c2)cc1[N+](=O)[O-]. The Morgan fingerprint density at radius 2 is 1.88 bits per heavy atom. The number of carbonyl (C=O) groups excluding carboxylic acids is 1. The number of rotatable bonds is 4. The number of carbonyl (C=O) groups is 1. The molecule has 0 atom stereocenters. The van der Waals surface area contributed by atoms with E-state index in [0.717, 1.165) is 24.3 Å². The van der Waals surface area contributed by atoms with Gasteiger partial charge in [0.1, 0.15) is 0 Å². The van der Waals surface area contributed by atoms with Gasteiger partial charge in [0.15, 0.2) is 5.78 Å². The zero-order chi connectivity index (χ0) is 17.9. The largest absolute Gasteiger partial charge is 0.416 e. The molecule has 0 radical (unpaired) electrons. The normalized spacial score (nSPS) is 11.7. The molecule has 0 heterocycles. The van der Waals surface area contributed by atoms with E-state index in [4.69, 9.17) is 0 Å². The van der Waals surface area contributed by atoms with Gasteiger partial charge in [-0.05, 0) is 30.7 Å². The molecule has 0 saturated carbocycles. The second kappa shape index (κ2) is 6.66. The van der Waals surface area contributed by atoms with E-state index in [1.165, 1.54) is 30.3 Å². The van der Waals surface area contributed by atoms with Crippen LogP contribution in [0.15, 0.2) is 48.5 Å². The molecule has 0 aliphatic carbocycles. The second-order valence-corrected chi connectivity index (χ2v) is 5.08. The zero-order valence-electron chi connectivity index (χ0n) is 12.5. The lowest BCUT2D eigenvalue weighted by Crippen LogP contribution is -2.04. The molecule has 0 N–H and O–H groups in total. The Morgan fingerprint density at radius 3 is 2.50 bits per heavy atom. The predicted molar refractivity (Wildman–Crippen MR) is 82.6 cm³/mol. The van der Waals surface area contributed by atoms with Gasteiger partial charge in [0.25, 0.3) is 5.69 Å². The van der Waals surface area contributed by atoms with E-state index in [0.29, 0.717) is 5.56 Å². The Bertz CT molecular complexity index is 826. The molecule has 4 nitrogen and oxygen atoms in total. The first kappa shape index (κ1) is 17.4. The quantitative estimate of drug-likeness (QED) is 0.348. The number of hydrogen-bond acceptors (Lipinski definition) is 3. The van der Waals surface area contributed by atoms with E-state index in [2.05, 4.69) is 0 Å². The molecule has 0 saturated heterocycles. The molecule has 2 aromatic rings. The van der Waals surface area contributed by atoms with Crippen LogP contribution in [0.3, 0.4) is 0 Å². The van der Waals surface area contributed by atoms with E-state index >= 15 is 0 Å². The molecule has 0 bridgehead atoms. The van der Waals surface area contributed by atoms with Gasteiger partial charge in [0.2, 0.25) is 0 Å². The number of nitro groups is 1. The Hall–Kier alpha value is -2.96. The maximum atomic E-state index is 12.6. The summed E-state index contributed by atoms with van der Waals surface area (Å²) in [5, 5.41) is 10.9. The van der Waals surface area contributed by atoms with Crippen LogP contribution in [0, 0.1) is 17.0 Å². The summed E-state index contributed by atoms with van der Waals surface area (Å²) in [6.45, 7) is 1.55. The van der Waals surface area contributed by atoms with Gasteiger partial charge >= 0.3 is 6.18 Å². The zero-order valence-corrected chi connectivity index (χ0v) is 12.5. The van der Waals surface area contributed by atoms with Gasteiger partial charge in [-0.15, -0.1) is 0 Å². The number of benzene rings is 2. The Morgan fingerprint density at radius 1 is 1.17 bits per heavy atom. The van der Waals surface area contributed by atoms with Gasteiger partial charge in [-0.2, -0.15) is 13.2 Å². The molecule has 0 aliphatic heterocycles. The molecule has 0 fully saturated rings. The highest BCUT2D eigenvalue weighted by molar-refractivity contribution is 6.07. The van der Waals surface area contributed by atoms with E-state index in [-0.39, 0.29) is 16.8 Å². The molecular weight excluding hydrogens is 323 g/mol. The summed E-state index contributed by atoms with van der Waals surface area (Å²) < 4.78 is 37.9. The lowest BCUT2D eigenvalue weighted by molar-refractivity contribution is -0.385. The van der Waals surface area contributed by atoms with Crippen LogP contribution >= 0.6 is 0 Å². The minimum absolute atomic E-state index is 0.0931. The molecule has 2 rings (SSSR count). The number of aryl methyl sites for hydroxylation is 1. The van der Waals surface area contributed by atoms with E-state index < -0.39 is 22.4 Å². The summed E-state index contributed by atoms with van der Waals surface area (Å²) in [4.78, 5) is 22.3. The first-order valence-electron chi connectivity index (χ1n) is 6.83. The number of halogens is 3. The first-order chi connectivity index (χ1) is 11.2. The fraction of sp³-hybridized carbons (Fsp3) is 0.118. The molecule has 0 unspecified atom stereocenters. The van der Waals surface area contributed by atoms with Gasteiger partial charge in [-0.1, -0.05) is 30.3 Å². The summed E-state index contributed by atoms with van der Waals surface area (Å²) >= 11 is 0. The maximum absolute atomic E-state index is 12.6. The van der Waals surface area contributed by atoms with Gasteiger partial charge in [-0.3, -0.25) is 14.9 Å². The topological polar surface area (TPSA) is 60.2 Å². The van der Waals surface area contributed by atoms with Crippen LogP contribution in [0.2, 0.25) is 0 Å². The lowest BCUT2D eigenvalue weighted by Gasteiger charge is -2.06. The standard InChI is InChI=1S/C17H12F3NO3/c1-11-5-7-13(10-15(11)21(23)24)16(22)8-6-12-3-2-4-14(9-12)17(18,19)20/h2-10H,1H3/b8-6+. The van der Waals surface area contributed by atoms with Crippen molar-refractivity contribution in [1.82, 2.24) is 0 Å². The van der Waals surface area contributed by atoms with Crippen LogP contribution in [0.4, 0.5) is 18.9 Å². The number of ketones is 1. The molecule has 2 aromatic carbocycles.